The Balaban J connectivity index is 2.30. The lowest BCUT2D eigenvalue weighted by molar-refractivity contribution is -0.145. The van der Waals surface area contributed by atoms with Crippen LogP contribution in [-0.4, -0.2) is 55.3 Å². The SMILES string of the molecule is CCOC(=O)C(C)NC1CCN(C(=O)OCC)CC1. The van der Waals surface area contributed by atoms with Gasteiger partial charge in [-0.3, -0.25) is 4.79 Å². The summed E-state index contributed by atoms with van der Waals surface area (Å²) in [5.41, 5.74) is 0. The topological polar surface area (TPSA) is 67.9 Å². The van der Waals surface area contributed by atoms with E-state index in [-0.39, 0.29) is 24.1 Å². The number of hydrogen-bond donors (Lipinski definition) is 1. The first-order chi connectivity index (χ1) is 9.08. The summed E-state index contributed by atoms with van der Waals surface area (Å²) in [5.74, 6) is -0.227. The lowest BCUT2D eigenvalue weighted by atomic mass is 10.0. The number of nitrogens with zero attached hydrogens (tertiary/aromatic N) is 1. The van der Waals surface area contributed by atoms with Gasteiger partial charge in [0.05, 0.1) is 13.2 Å². The second kappa shape index (κ2) is 7.99. The normalized spacial score (nSPS) is 17.9. The Kier molecular flexibility index (Phi) is 6.62. The fourth-order valence-corrected chi connectivity index (χ4v) is 2.13. The van der Waals surface area contributed by atoms with E-state index in [1.165, 1.54) is 0 Å². The zero-order valence-corrected chi connectivity index (χ0v) is 12.0. The number of nitrogens with one attached hydrogen (secondary N) is 1. The molecule has 1 rings (SSSR count). The standard InChI is InChI=1S/C13H24N2O4/c1-4-18-12(16)10(3)14-11-6-8-15(9-7-11)13(17)19-5-2/h10-11,14H,4-9H2,1-3H3. The Morgan fingerprint density at radius 3 is 2.32 bits per heavy atom. The van der Waals surface area contributed by atoms with E-state index in [9.17, 15) is 9.59 Å². The fourth-order valence-electron chi connectivity index (χ4n) is 2.13. The molecule has 1 amide bonds. The predicted octanol–water partition coefficient (Wildman–Crippen LogP) is 1.15. The minimum Gasteiger partial charge on any atom is -0.465 e. The first-order valence-corrected chi connectivity index (χ1v) is 6.92. The van der Waals surface area contributed by atoms with Gasteiger partial charge in [-0.05, 0) is 33.6 Å². The monoisotopic (exact) mass is 272 g/mol. The van der Waals surface area contributed by atoms with E-state index in [0.717, 1.165) is 12.8 Å². The van der Waals surface area contributed by atoms with Crippen molar-refractivity contribution >= 4 is 12.1 Å². The Morgan fingerprint density at radius 1 is 1.21 bits per heavy atom. The summed E-state index contributed by atoms with van der Waals surface area (Å²) >= 11 is 0. The molecule has 0 saturated carbocycles. The first kappa shape index (κ1) is 15.8. The largest absolute Gasteiger partial charge is 0.465 e. The van der Waals surface area contributed by atoms with Crippen LogP contribution >= 0.6 is 0 Å². The molecule has 0 aromatic carbocycles. The third-order valence-electron chi connectivity index (χ3n) is 3.15. The molecule has 1 aliphatic rings. The molecule has 6 nitrogen and oxygen atoms in total. The molecule has 1 heterocycles. The van der Waals surface area contributed by atoms with Gasteiger partial charge in [-0.15, -0.1) is 0 Å². The number of rotatable bonds is 5. The number of esters is 1. The minimum atomic E-state index is -0.306. The van der Waals surface area contributed by atoms with Gasteiger partial charge in [0, 0.05) is 19.1 Å². The zero-order valence-electron chi connectivity index (χ0n) is 12.0. The lowest BCUT2D eigenvalue weighted by Gasteiger charge is -2.32. The molecule has 0 radical (unpaired) electrons. The summed E-state index contributed by atoms with van der Waals surface area (Å²) < 4.78 is 9.91. The maximum atomic E-state index is 11.5. The second-order valence-corrected chi connectivity index (χ2v) is 4.60. The van der Waals surface area contributed by atoms with Gasteiger partial charge < -0.3 is 19.7 Å². The van der Waals surface area contributed by atoms with Crippen LogP contribution in [0.15, 0.2) is 0 Å². The van der Waals surface area contributed by atoms with Crippen molar-refractivity contribution in [1.82, 2.24) is 10.2 Å². The molecule has 0 aromatic heterocycles. The third kappa shape index (κ3) is 5.06. The maximum absolute atomic E-state index is 11.5. The van der Waals surface area contributed by atoms with Crippen molar-refractivity contribution in [2.45, 2.75) is 45.7 Å². The van der Waals surface area contributed by atoms with Crippen LogP contribution in [0.4, 0.5) is 4.79 Å². The molecule has 1 fully saturated rings. The molecule has 0 spiro atoms. The van der Waals surface area contributed by atoms with Gasteiger partial charge in [-0.2, -0.15) is 0 Å². The molecule has 0 bridgehead atoms. The van der Waals surface area contributed by atoms with E-state index in [2.05, 4.69) is 5.32 Å². The highest BCUT2D eigenvalue weighted by Crippen LogP contribution is 2.12. The van der Waals surface area contributed by atoms with Crippen LogP contribution in [0.2, 0.25) is 0 Å². The van der Waals surface area contributed by atoms with Crippen LogP contribution in [0.5, 0.6) is 0 Å². The van der Waals surface area contributed by atoms with Crippen LogP contribution < -0.4 is 5.32 Å². The quantitative estimate of drug-likeness (QED) is 0.760. The number of amides is 1. The average Bonchev–Trinajstić information content (AvgIpc) is 2.40. The van der Waals surface area contributed by atoms with Crippen molar-refractivity contribution < 1.29 is 19.1 Å². The van der Waals surface area contributed by atoms with E-state index in [0.29, 0.717) is 26.3 Å². The van der Waals surface area contributed by atoms with Gasteiger partial charge in [0.25, 0.3) is 0 Å². The maximum Gasteiger partial charge on any atom is 0.409 e. The Morgan fingerprint density at radius 2 is 1.79 bits per heavy atom. The number of piperidine rings is 1. The van der Waals surface area contributed by atoms with Gasteiger partial charge in [0.15, 0.2) is 0 Å². The molecule has 1 atom stereocenters. The highest BCUT2D eigenvalue weighted by atomic mass is 16.6. The van der Waals surface area contributed by atoms with Crippen molar-refractivity contribution in [3.05, 3.63) is 0 Å². The number of carbonyl (C=O) groups excluding carboxylic acids is 2. The van der Waals surface area contributed by atoms with Crippen molar-refractivity contribution in [2.75, 3.05) is 26.3 Å². The number of likely N-dealkylation sites (tertiary alicyclic amines) is 1. The van der Waals surface area contributed by atoms with Crippen LogP contribution in [0.25, 0.3) is 0 Å². The van der Waals surface area contributed by atoms with Gasteiger partial charge in [-0.1, -0.05) is 0 Å². The number of hydrogen-bond acceptors (Lipinski definition) is 5. The Labute approximate surface area is 114 Å². The highest BCUT2D eigenvalue weighted by Gasteiger charge is 2.26. The van der Waals surface area contributed by atoms with Gasteiger partial charge >= 0.3 is 12.1 Å². The van der Waals surface area contributed by atoms with Crippen molar-refractivity contribution in [1.29, 1.82) is 0 Å². The number of carbonyl (C=O) groups is 2. The fraction of sp³-hybridized carbons (Fsp3) is 0.846. The van der Waals surface area contributed by atoms with E-state index in [1.807, 2.05) is 0 Å². The zero-order chi connectivity index (χ0) is 14.3. The van der Waals surface area contributed by atoms with E-state index in [4.69, 9.17) is 9.47 Å². The van der Waals surface area contributed by atoms with Crippen molar-refractivity contribution in [2.24, 2.45) is 0 Å². The summed E-state index contributed by atoms with van der Waals surface area (Å²) in [6, 6.07) is -0.0656. The van der Waals surface area contributed by atoms with Gasteiger partial charge in [0.2, 0.25) is 0 Å². The smallest absolute Gasteiger partial charge is 0.409 e. The van der Waals surface area contributed by atoms with Crippen LogP contribution in [0, 0.1) is 0 Å². The molecule has 6 heteroatoms. The van der Waals surface area contributed by atoms with Crippen LogP contribution in [0.3, 0.4) is 0 Å². The molecule has 1 unspecified atom stereocenters. The molecule has 0 aliphatic carbocycles. The molecular formula is C13H24N2O4. The Bertz CT molecular complexity index is 301. The molecule has 0 aromatic rings. The molecule has 110 valence electrons. The summed E-state index contributed by atoms with van der Waals surface area (Å²) in [6.07, 6.45) is 1.39. The van der Waals surface area contributed by atoms with E-state index < -0.39 is 0 Å². The van der Waals surface area contributed by atoms with Crippen LogP contribution in [0.1, 0.15) is 33.6 Å². The first-order valence-electron chi connectivity index (χ1n) is 6.92. The third-order valence-corrected chi connectivity index (χ3v) is 3.15. The second-order valence-electron chi connectivity index (χ2n) is 4.60. The highest BCUT2D eigenvalue weighted by molar-refractivity contribution is 5.75. The summed E-state index contributed by atoms with van der Waals surface area (Å²) in [5, 5.41) is 3.24. The van der Waals surface area contributed by atoms with E-state index >= 15 is 0 Å². The van der Waals surface area contributed by atoms with E-state index in [1.54, 1.807) is 25.7 Å². The van der Waals surface area contributed by atoms with Gasteiger partial charge in [-0.25, -0.2) is 4.79 Å². The molecule has 1 aliphatic heterocycles. The Hall–Kier alpha value is -1.30. The minimum absolute atomic E-state index is 0.227. The summed E-state index contributed by atoms with van der Waals surface area (Å²) in [7, 11) is 0. The van der Waals surface area contributed by atoms with Gasteiger partial charge in [0.1, 0.15) is 6.04 Å². The molecule has 1 saturated heterocycles. The molecular weight excluding hydrogens is 248 g/mol. The average molecular weight is 272 g/mol. The van der Waals surface area contributed by atoms with Crippen LogP contribution in [-0.2, 0) is 14.3 Å². The predicted molar refractivity (Wildman–Crippen MR) is 70.8 cm³/mol. The van der Waals surface area contributed by atoms with Crippen molar-refractivity contribution in [3.63, 3.8) is 0 Å². The van der Waals surface area contributed by atoms with Crippen molar-refractivity contribution in [3.8, 4) is 0 Å². The number of ether oxygens (including phenoxy) is 2. The molecule has 1 N–H and O–H groups in total. The summed E-state index contributed by atoms with van der Waals surface area (Å²) in [4.78, 5) is 24.7. The lowest BCUT2D eigenvalue weighted by Crippen LogP contribution is -2.49. The molecule has 19 heavy (non-hydrogen) atoms. The summed E-state index contributed by atoms with van der Waals surface area (Å²) in [6.45, 7) is 7.51.